The third kappa shape index (κ3) is 2.68. The quantitative estimate of drug-likeness (QED) is 0.760. The molecule has 7 heteroatoms. The summed E-state index contributed by atoms with van der Waals surface area (Å²) in [6.07, 6.45) is 0. The van der Waals surface area contributed by atoms with Gasteiger partial charge in [-0.2, -0.15) is 10.2 Å². The van der Waals surface area contributed by atoms with Gasteiger partial charge in [0.1, 0.15) is 0 Å². The molecule has 7 nitrogen and oxygen atoms in total. The Morgan fingerprint density at radius 1 is 1.25 bits per heavy atom. The lowest BCUT2D eigenvalue weighted by molar-refractivity contribution is 0.0941. The first kappa shape index (κ1) is 14.6. The van der Waals surface area contributed by atoms with Crippen LogP contribution in [0.1, 0.15) is 16.2 Å². The molecule has 0 bridgehead atoms. The van der Waals surface area contributed by atoms with Gasteiger partial charge in [0.25, 0.3) is 5.91 Å². The van der Waals surface area contributed by atoms with E-state index in [1.54, 1.807) is 0 Å². The number of hydrogen-bond acceptors (Lipinski definition) is 5. The smallest absolute Gasteiger partial charge is 0.272 e. The number of para-hydroxylation sites is 1. The summed E-state index contributed by atoms with van der Waals surface area (Å²) in [6.45, 7) is 4.30. The number of carbonyl (C=O) groups excluding carboxylic acids is 1. The van der Waals surface area contributed by atoms with E-state index in [1.807, 2.05) is 43.3 Å². The van der Waals surface area contributed by atoms with Crippen molar-refractivity contribution in [3.8, 4) is 0 Å². The van der Waals surface area contributed by atoms with Crippen LogP contribution >= 0.6 is 0 Å². The van der Waals surface area contributed by atoms with Crippen LogP contribution in [0.5, 0.6) is 0 Å². The molecular weight excluding hydrogens is 304 g/mol. The maximum atomic E-state index is 12.3. The highest BCUT2D eigenvalue weighted by molar-refractivity contribution is 6.04. The van der Waals surface area contributed by atoms with Crippen LogP contribution in [-0.4, -0.2) is 45.9 Å². The minimum Gasteiger partial charge on any atom is -0.354 e. The highest BCUT2D eigenvalue weighted by Gasteiger charge is 2.28. The number of nitrogens with one attached hydrogen (secondary N) is 2. The zero-order valence-corrected chi connectivity index (χ0v) is 13.4. The van der Waals surface area contributed by atoms with Gasteiger partial charge in [-0.1, -0.05) is 18.2 Å². The topological polar surface area (TPSA) is 86.8 Å². The normalized spacial score (nSPS) is 14.6. The largest absolute Gasteiger partial charge is 0.354 e. The summed E-state index contributed by atoms with van der Waals surface area (Å²) in [7, 11) is 0. The van der Waals surface area contributed by atoms with E-state index in [2.05, 4.69) is 30.6 Å². The molecule has 1 fully saturated rings. The van der Waals surface area contributed by atoms with Crippen molar-refractivity contribution in [2.75, 3.05) is 24.5 Å². The van der Waals surface area contributed by atoms with Gasteiger partial charge in [0, 0.05) is 30.9 Å². The van der Waals surface area contributed by atoms with Crippen LogP contribution in [0.25, 0.3) is 10.9 Å². The number of aryl methyl sites for hydroxylation is 1. The van der Waals surface area contributed by atoms with E-state index in [0.717, 1.165) is 35.5 Å². The molecule has 2 N–H and O–H groups in total. The molecule has 0 aliphatic carbocycles. The van der Waals surface area contributed by atoms with Crippen LogP contribution in [0.15, 0.2) is 36.4 Å². The second-order valence-electron chi connectivity index (χ2n) is 6.13. The van der Waals surface area contributed by atoms with Crippen LogP contribution in [0.2, 0.25) is 0 Å². The minimum absolute atomic E-state index is 0.138. The molecule has 24 heavy (non-hydrogen) atoms. The molecule has 0 spiro atoms. The number of amides is 1. The predicted molar refractivity (Wildman–Crippen MR) is 90.9 cm³/mol. The first-order valence-electron chi connectivity index (χ1n) is 7.97. The predicted octanol–water partition coefficient (Wildman–Crippen LogP) is 1.53. The van der Waals surface area contributed by atoms with Gasteiger partial charge in [-0.05, 0) is 25.1 Å². The second kappa shape index (κ2) is 5.92. The van der Waals surface area contributed by atoms with Crippen molar-refractivity contribution in [2.45, 2.75) is 6.92 Å². The molecule has 0 atom stereocenters. The number of anilines is 1. The molecule has 3 aromatic rings. The Labute approximate surface area is 139 Å². The summed E-state index contributed by atoms with van der Waals surface area (Å²) in [4.78, 5) is 14.5. The Hall–Kier alpha value is -2.96. The molecule has 2 aromatic heterocycles. The summed E-state index contributed by atoms with van der Waals surface area (Å²) >= 11 is 0. The third-order valence-corrected chi connectivity index (χ3v) is 4.30. The molecule has 1 aromatic carbocycles. The van der Waals surface area contributed by atoms with Crippen molar-refractivity contribution >= 4 is 22.6 Å². The Kier molecular flexibility index (Phi) is 3.60. The first-order chi connectivity index (χ1) is 11.7. The monoisotopic (exact) mass is 322 g/mol. The van der Waals surface area contributed by atoms with Gasteiger partial charge in [0.15, 0.2) is 11.5 Å². The van der Waals surface area contributed by atoms with Crippen molar-refractivity contribution in [1.29, 1.82) is 0 Å². The molecule has 1 aliphatic heterocycles. The Bertz CT molecular complexity index is 866. The highest BCUT2D eigenvalue weighted by atomic mass is 16.1. The van der Waals surface area contributed by atoms with Crippen LogP contribution < -0.4 is 10.2 Å². The number of nitrogens with zero attached hydrogens (tertiary/aromatic N) is 4. The third-order valence-electron chi connectivity index (χ3n) is 4.30. The van der Waals surface area contributed by atoms with Gasteiger partial charge < -0.3 is 10.2 Å². The lowest BCUT2D eigenvalue weighted by Crippen LogP contribution is -2.52. The van der Waals surface area contributed by atoms with Gasteiger partial charge in [-0.25, -0.2) is 0 Å². The van der Waals surface area contributed by atoms with Crippen LogP contribution in [-0.2, 0) is 0 Å². The molecule has 3 heterocycles. The van der Waals surface area contributed by atoms with Gasteiger partial charge >= 0.3 is 0 Å². The molecule has 1 saturated heterocycles. The van der Waals surface area contributed by atoms with Crippen LogP contribution in [0.3, 0.4) is 0 Å². The summed E-state index contributed by atoms with van der Waals surface area (Å²) < 4.78 is 0. The molecule has 0 saturated carbocycles. The summed E-state index contributed by atoms with van der Waals surface area (Å²) in [6, 6.07) is 11.6. The molecule has 1 aliphatic rings. The van der Waals surface area contributed by atoms with E-state index in [4.69, 9.17) is 0 Å². The lowest BCUT2D eigenvalue weighted by Gasteiger charge is -2.39. The van der Waals surface area contributed by atoms with E-state index >= 15 is 0 Å². The SMILES string of the molecule is Cc1ccc(N2CC(CNC(=O)c3n[nH]c4ccccc34)C2)nn1. The maximum absolute atomic E-state index is 12.3. The number of benzene rings is 1. The molecule has 0 radical (unpaired) electrons. The molecule has 0 unspecified atom stereocenters. The molecule has 4 rings (SSSR count). The fraction of sp³-hybridized carbons (Fsp3) is 0.294. The summed E-state index contributed by atoms with van der Waals surface area (Å²) in [5.74, 6) is 1.17. The van der Waals surface area contributed by atoms with Crippen LogP contribution in [0, 0.1) is 12.8 Å². The Morgan fingerprint density at radius 2 is 2.08 bits per heavy atom. The van der Waals surface area contributed by atoms with Gasteiger partial charge in [0.05, 0.1) is 11.2 Å². The number of H-pyrrole nitrogens is 1. The minimum atomic E-state index is -0.138. The van der Waals surface area contributed by atoms with Crippen molar-refractivity contribution in [2.24, 2.45) is 5.92 Å². The maximum Gasteiger partial charge on any atom is 0.272 e. The molecular formula is C17H18N6O. The Balaban J connectivity index is 1.32. The fourth-order valence-corrected chi connectivity index (χ4v) is 2.90. The van der Waals surface area contributed by atoms with Crippen LogP contribution in [0.4, 0.5) is 5.82 Å². The lowest BCUT2D eigenvalue weighted by atomic mass is 10.00. The zero-order chi connectivity index (χ0) is 16.5. The van der Waals surface area contributed by atoms with E-state index in [-0.39, 0.29) is 5.91 Å². The van der Waals surface area contributed by atoms with Crippen molar-refractivity contribution in [3.05, 3.63) is 47.8 Å². The summed E-state index contributed by atoms with van der Waals surface area (Å²) in [5.41, 5.74) is 2.23. The van der Waals surface area contributed by atoms with E-state index in [9.17, 15) is 4.79 Å². The number of hydrogen-bond donors (Lipinski definition) is 2. The van der Waals surface area contributed by atoms with Gasteiger partial charge in [0.2, 0.25) is 0 Å². The number of rotatable bonds is 4. The number of carbonyl (C=O) groups is 1. The molecule has 122 valence electrons. The average Bonchev–Trinajstić information content (AvgIpc) is 2.99. The number of aromatic amines is 1. The van der Waals surface area contributed by atoms with E-state index in [0.29, 0.717) is 18.2 Å². The standard InChI is InChI=1S/C17H18N6O/c1-11-6-7-15(21-19-11)23-9-12(10-23)8-18-17(24)16-13-4-2-3-5-14(13)20-22-16/h2-7,12H,8-10H2,1H3,(H,18,24)(H,20,22). The van der Waals surface area contributed by atoms with Crippen molar-refractivity contribution < 1.29 is 4.79 Å². The molecule has 1 amide bonds. The summed E-state index contributed by atoms with van der Waals surface area (Å²) in [5, 5.41) is 19.1. The van der Waals surface area contributed by atoms with Crippen molar-refractivity contribution in [3.63, 3.8) is 0 Å². The average molecular weight is 322 g/mol. The van der Waals surface area contributed by atoms with Gasteiger partial charge in [-0.3, -0.25) is 9.89 Å². The van der Waals surface area contributed by atoms with E-state index < -0.39 is 0 Å². The number of fused-ring (bicyclic) bond motifs is 1. The Morgan fingerprint density at radius 3 is 2.88 bits per heavy atom. The highest BCUT2D eigenvalue weighted by Crippen LogP contribution is 2.22. The second-order valence-corrected chi connectivity index (χ2v) is 6.13. The number of aromatic nitrogens is 4. The van der Waals surface area contributed by atoms with E-state index in [1.165, 1.54) is 0 Å². The first-order valence-corrected chi connectivity index (χ1v) is 7.97. The zero-order valence-electron chi connectivity index (χ0n) is 13.4. The fourth-order valence-electron chi connectivity index (χ4n) is 2.90. The van der Waals surface area contributed by atoms with Crippen molar-refractivity contribution in [1.82, 2.24) is 25.7 Å². The van der Waals surface area contributed by atoms with Gasteiger partial charge in [-0.15, -0.1) is 5.10 Å².